The molecule has 136 valence electrons. The van der Waals surface area contributed by atoms with E-state index in [1.165, 1.54) is 5.56 Å². The lowest BCUT2D eigenvalue weighted by molar-refractivity contribution is -0.129. The van der Waals surface area contributed by atoms with E-state index in [2.05, 4.69) is 34.5 Å². The summed E-state index contributed by atoms with van der Waals surface area (Å²) >= 11 is 7.11. The molecule has 0 unspecified atom stereocenters. The van der Waals surface area contributed by atoms with Gasteiger partial charge >= 0.3 is 0 Å². The lowest BCUT2D eigenvalue weighted by atomic mass is 10.2. The second kappa shape index (κ2) is 8.98. The van der Waals surface area contributed by atoms with Crippen LogP contribution in [0.4, 0.5) is 0 Å². The molecule has 0 saturated carbocycles. The van der Waals surface area contributed by atoms with E-state index in [4.69, 9.17) is 17.0 Å². The summed E-state index contributed by atoms with van der Waals surface area (Å²) in [5.74, 6) is 1.04. The van der Waals surface area contributed by atoms with Crippen molar-refractivity contribution in [2.75, 3.05) is 38.2 Å². The Morgan fingerprint density at radius 1 is 1.36 bits per heavy atom. The summed E-state index contributed by atoms with van der Waals surface area (Å²) in [4.78, 5) is 16.6. The standard InChI is InChI=1S/C18H25N3O2S2/c1-25-10-7-16-17(22)21(18(24)19-16)13-15-12-20(8-9-23-15)11-14-5-3-2-4-6-14/h2-6,15-16H,7-13H2,1H3,(H,19,24)/t15-,16+/m0/s1. The molecule has 2 aliphatic heterocycles. The summed E-state index contributed by atoms with van der Waals surface area (Å²) in [6.07, 6.45) is 2.86. The Kier molecular flexibility index (Phi) is 6.70. The Bertz CT molecular complexity index is 599. The van der Waals surface area contributed by atoms with E-state index in [-0.39, 0.29) is 18.1 Å². The Labute approximate surface area is 159 Å². The van der Waals surface area contributed by atoms with Crippen LogP contribution in [0.15, 0.2) is 30.3 Å². The van der Waals surface area contributed by atoms with Crippen molar-refractivity contribution >= 4 is 35.0 Å². The second-order valence-electron chi connectivity index (χ2n) is 6.45. The van der Waals surface area contributed by atoms with Crippen LogP contribution in [0.5, 0.6) is 0 Å². The van der Waals surface area contributed by atoms with Gasteiger partial charge < -0.3 is 10.1 Å². The summed E-state index contributed by atoms with van der Waals surface area (Å²) in [6, 6.07) is 10.3. The van der Waals surface area contributed by atoms with Crippen molar-refractivity contribution in [2.24, 2.45) is 0 Å². The van der Waals surface area contributed by atoms with Gasteiger partial charge in [0.15, 0.2) is 5.11 Å². The first-order valence-electron chi connectivity index (χ1n) is 8.66. The number of hydrogen-bond acceptors (Lipinski definition) is 5. The molecule has 0 spiro atoms. The molecule has 5 nitrogen and oxygen atoms in total. The molecule has 0 radical (unpaired) electrons. The minimum absolute atomic E-state index is 0.000428. The lowest BCUT2D eigenvalue weighted by Crippen LogP contribution is -2.48. The van der Waals surface area contributed by atoms with Gasteiger partial charge in [-0.2, -0.15) is 11.8 Å². The third-order valence-corrected chi connectivity index (χ3v) is 5.56. The summed E-state index contributed by atoms with van der Waals surface area (Å²) in [6.45, 7) is 3.87. The van der Waals surface area contributed by atoms with Crippen molar-refractivity contribution in [3.8, 4) is 0 Å². The number of nitrogens with zero attached hydrogens (tertiary/aromatic N) is 2. The molecular formula is C18H25N3O2S2. The number of rotatable bonds is 7. The average Bonchev–Trinajstić information content (AvgIpc) is 2.89. The van der Waals surface area contributed by atoms with Gasteiger partial charge in [-0.3, -0.25) is 14.6 Å². The zero-order valence-corrected chi connectivity index (χ0v) is 16.2. The number of nitrogens with one attached hydrogen (secondary N) is 1. The molecule has 1 aromatic rings. The molecule has 1 amide bonds. The van der Waals surface area contributed by atoms with E-state index in [1.54, 1.807) is 16.7 Å². The van der Waals surface area contributed by atoms with Gasteiger partial charge in [0.05, 0.1) is 19.3 Å². The van der Waals surface area contributed by atoms with Gasteiger partial charge in [-0.05, 0) is 36.2 Å². The van der Waals surface area contributed by atoms with Crippen LogP contribution in [-0.4, -0.2) is 71.2 Å². The van der Waals surface area contributed by atoms with E-state index in [1.807, 2.05) is 12.3 Å². The highest BCUT2D eigenvalue weighted by Crippen LogP contribution is 2.16. The normalized spacial score (nSPS) is 24.6. The van der Waals surface area contributed by atoms with Gasteiger partial charge in [-0.1, -0.05) is 30.3 Å². The molecular weight excluding hydrogens is 354 g/mol. The molecule has 0 aliphatic carbocycles. The monoisotopic (exact) mass is 379 g/mol. The Balaban J connectivity index is 1.53. The Hall–Kier alpha value is -1.15. The van der Waals surface area contributed by atoms with Crippen LogP contribution in [0.1, 0.15) is 12.0 Å². The smallest absolute Gasteiger partial charge is 0.251 e. The predicted molar refractivity (Wildman–Crippen MR) is 106 cm³/mol. The minimum Gasteiger partial charge on any atom is -0.374 e. The molecule has 3 rings (SSSR count). The third kappa shape index (κ3) is 4.94. The highest BCUT2D eigenvalue weighted by atomic mass is 32.2. The molecule has 2 saturated heterocycles. The fraction of sp³-hybridized carbons (Fsp3) is 0.556. The SMILES string of the molecule is CSCC[C@H]1NC(=S)N(C[C@@H]2CN(Cc3ccccc3)CCO2)C1=O. The van der Waals surface area contributed by atoms with Crippen LogP contribution in [0.2, 0.25) is 0 Å². The number of carbonyl (C=O) groups is 1. The highest BCUT2D eigenvalue weighted by Gasteiger charge is 2.37. The minimum atomic E-state index is -0.177. The summed E-state index contributed by atoms with van der Waals surface area (Å²) in [5, 5.41) is 3.70. The highest BCUT2D eigenvalue weighted by molar-refractivity contribution is 7.98. The fourth-order valence-electron chi connectivity index (χ4n) is 3.26. The number of morpholine rings is 1. The molecule has 2 aliphatic rings. The van der Waals surface area contributed by atoms with E-state index < -0.39 is 0 Å². The third-order valence-electron chi connectivity index (χ3n) is 4.58. The van der Waals surface area contributed by atoms with Crippen molar-refractivity contribution < 1.29 is 9.53 Å². The maximum absolute atomic E-state index is 12.6. The molecule has 2 atom stereocenters. The predicted octanol–water partition coefficient (Wildman–Crippen LogP) is 1.73. The molecule has 0 aromatic heterocycles. The molecule has 1 aromatic carbocycles. The van der Waals surface area contributed by atoms with Crippen molar-refractivity contribution in [2.45, 2.75) is 25.1 Å². The van der Waals surface area contributed by atoms with Crippen LogP contribution in [-0.2, 0) is 16.1 Å². The zero-order valence-electron chi connectivity index (χ0n) is 14.5. The number of hydrogen-bond donors (Lipinski definition) is 1. The van der Waals surface area contributed by atoms with E-state index in [0.29, 0.717) is 18.3 Å². The quantitative estimate of drug-likeness (QED) is 0.728. The van der Waals surface area contributed by atoms with E-state index in [9.17, 15) is 4.79 Å². The van der Waals surface area contributed by atoms with Crippen LogP contribution in [0, 0.1) is 0 Å². The molecule has 0 bridgehead atoms. The Morgan fingerprint density at radius 2 is 2.16 bits per heavy atom. The van der Waals surface area contributed by atoms with Crippen molar-refractivity contribution in [1.82, 2.24) is 15.1 Å². The number of ether oxygens (including phenoxy) is 1. The number of benzene rings is 1. The number of thiocarbonyl (C=S) groups is 1. The topological polar surface area (TPSA) is 44.8 Å². The van der Waals surface area contributed by atoms with Gasteiger partial charge in [0.25, 0.3) is 5.91 Å². The van der Waals surface area contributed by atoms with E-state index >= 15 is 0 Å². The number of thioether (sulfide) groups is 1. The van der Waals surface area contributed by atoms with Crippen LogP contribution in [0.25, 0.3) is 0 Å². The molecule has 2 heterocycles. The van der Waals surface area contributed by atoms with Crippen LogP contribution < -0.4 is 5.32 Å². The average molecular weight is 380 g/mol. The molecule has 1 N–H and O–H groups in total. The molecule has 7 heteroatoms. The van der Waals surface area contributed by atoms with Gasteiger partial charge in [0.2, 0.25) is 0 Å². The second-order valence-corrected chi connectivity index (χ2v) is 7.82. The first-order chi connectivity index (χ1) is 12.2. The lowest BCUT2D eigenvalue weighted by Gasteiger charge is -2.34. The molecule has 2 fully saturated rings. The van der Waals surface area contributed by atoms with E-state index in [0.717, 1.165) is 31.8 Å². The first-order valence-corrected chi connectivity index (χ1v) is 10.5. The number of amides is 1. The van der Waals surface area contributed by atoms with Gasteiger partial charge in [0.1, 0.15) is 6.04 Å². The maximum Gasteiger partial charge on any atom is 0.251 e. The zero-order chi connectivity index (χ0) is 17.6. The maximum atomic E-state index is 12.6. The van der Waals surface area contributed by atoms with Crippen molar-refractivity contribution in [3.63, 3.8) is 0 Å². The van der Waals surface area contributed by atoms with Crippen molar-refractivity contribution in [1.29, 1.82) is 0 Å². The largest absolute Gasteiger partial charge is 0.374 e. The van der Waals surface area contributed by atoms with Gasteiger partial charge in [0, 0.05) is 19.6 Å². The Morgan fingerprint density at radius 3 is 2.92 bits per heavy atom. The van der Waals surface area contributed by atoms with Gasteiger partial charge in [-0.25, -0.2) is 0 Å². The summed E-state index contributed by atoms with van der Waals surface area (Å²) in [7, 11) is 0. The van der Waals surface area contributed by atoms with Gasteiger partial charge in [-0.15, -0.1) is 0 Å². The summed E-state index contributed by atoms with van der Waals surface area (Å²) in [5.41, 5.74) is 1.30. The number of carbonyl (C=O) groups excluding carboxylic acids is 1. The first kappa shape index (κ1) is 18.6. The summed E-state index contributed by atoms with van der Waals surface area (Å²) < 4.78 is 5.89. The van der Waals surface area contributed by atoms with Crippen LogP contribution >= 0.6 is 24.0 Å². The fourth-order valence-corrected chi connectivity index (χ4v) is 4.04. The molecule has 25 heavy (non-hydrogen) atoms. The van der Waals surface area contributed by atoms with Crippen LogP contribution in [0.3, 0.4) is 0 Å². The van der Waals surface area contributed by atoms with Crippen molar-refractivity contribution in [3.05, 3.63) is 35.9 Å².